The lowest BCUT2D eigenvalue weighted by atomic mass is 9.94. The molecule has 0 radical (unpaired) electrons. The smallest absolute Gasteiger partial charge is 0.0964 e. The van der Waals surface area contributed by atoms with Gasteiger partial charge in [-0.3, -0.25) is 4.99 Å². The highest BCUT2D eigenvalue weighted by Gasteiger charge is 2.27. The third-order valence-corrected chi connectivity index (χ3v) is 2.58. The molecule has 2 heterocycles. The molecule has 1 aliphatic carbocycles. The van der Waals surface area contributed by atoms with Crippen molar-refractivity contribution in [2.45, 2.75) is 6.04 Å². The Labute approximate surface area is 77.3 Å². The van der Waals surface area contributed by atoms with Crippen molar-refractivity contribution in [1.29, 1.82) is 0 Å². The molecule has 0 bridgehead atoms. The molecule has 0 saturated carbocycles. The molecule has 0 fully saturated rings. The summed E-state index contributed by atoms with van der Waals surface area (Å²) in [5.74, 6) is 0. The molecule has 1 unspecified atom stereocenters. The van der Waals surface area contributed by atoms with Crippen LogP contribution in [0.1, 0.15) is 0 Å². The zero-order valence-corrected chi connectivity index (χ0v) is 7.22. The van der Waals surface area contributed by atoms with Crippen molar-refractivity contribution in [3.63, 3.8) is 0 Å². The summed E-state index contributed by atoms with van der Waals surface area (Å²) in [6.45, 7) is 0.920. The zero-order valence-electron chi connectivity index (χ0n) is 7.22. The Kier molecular flexibility index (Phi) is 1.30. The van der Waals surface area contributed by atoms with Crippen LogP contribution < -0.4 is 0 Å². The molecule has 1 atom stereocenters. The molecule has 0 aromatic rings. The van der Waals surface area contributed by atoms with Gasteiger partial charge in [-0.15, -0.1) is 0 Å². The molecule has 2 nitrogen and oxygen atoms in total. The first-order valence-corrected chi connectivity index (χ1v) is 4.50. The van der Waals surface area contributed by atoms with Crippen LogP contribution in [0.25, 0.3) is 0 Å². The molecule has 0 saturated heterocycles. The third-order valence-electron chi connectivity index (χ3n) is 2.58. The summed E-state index contributed by atoms with van der Waals surface area (Å²) >= 11 is 0. The van der Waals surface area contributed by atoms with Crippen molar-refractivity contribution in [2.24, 2.45) is 4.99 Å². The molecule has 0 N–H and O–H groups in total. The van der Waals surface area contributed by atoms with Gasteiger partial charge in [0.1, 0.15) is 0 Å². The molecule has 0 amide bonds. The summed E-state index contributed by atoms with van der Waals surface area (Å²) < 4.78 is 0. The second-order valence-corrected chi connectivity index (χ2v) is 3.37. The lowest BCUT2D eigenvalue weighted by molar-refractivity contribution is 0.371. The second kappa shape index (κ2) is 2.46. The van der Waals surface area contributed by atoms with Gasteiger partial charge < -0.3 is 4.90 Å². The van der Waals surface area contributed by atoms with E-state index in [2.05, 4.69) is 46.5 Å². The van der Waals surface area contributed by atoms with E-state index in [1.54, 1.807) is 0 Å². The van der Waals surface area contributed by atoms with E-state index < -0.39 is 0 Å². The van der Waals surface area contributed by atoms with E-state index in [1.807, 2.05) is 6.21 Å². The van der Waals surface area contributed by atoms with Gasteiger partial charge >= 0.3 is 0 Å². The first kappa shape index (κ1) is 6.89. The number of allylic oxidation sites excluding steroid dienone is 4. The number of hydrogen-bond donors (Lipinski definition) is 0. The SMILES string of the molecule is C1=CC2=CC=CN3CC=NC(=C1)C23. The van der Waals surface area contributed by atoms with Crippen molar-refractivity contribution in [3.05, 3.63) is 47.9 Å². The fraction of sp³-hybridized carbons (Fsp3) is 0.182. The Bertz CT molecular complexity index is 383. The lowest BCUT2D eigenvalue weighted by Gasteiger charge is -2.36. The number of nitrogens with zero attached hydrogens (tertiary/aromatic N) is 2. The van der Waals surface area contributed by atoms with Crippen molar-refractivity contribution in [1.82, 2.24) is 4.90 Å². The summed E-state index contributed by atoms with van der Waals surface area (Å²) in [5, 5.41) is 0. The van der Waals surface area contributed by atoms with E-state index in [9.17, 15) is 0 Å². The molecule has 3 rings (SSSR count). The first-order valence-electron chi connectivity index (χ1n) is 4.50. The Balaban J connectivity index is 2.16. The topological polar surface area (TPSA) is 15.6 Å². The highest BCUT2D eigenvalue weighted by Crippen LogP contribution is 2.29. The minimum absolute atomic E-state index is 0.375. The van der Waals surface area contributed by atoms with Gasteiger partial charge in [0.25, 0.3) is 0 Å². The Morgan fingerprint density at radius 3 is 3.31 bits per heavy atom. The average Bonchev–Trinajstić information content (AvgIpc) is 2.19. The van der Waals surface area contributed by atoms with Crippen LogP contribution in [0.3, 0.4) is 0 Å². The molecule has 2 heteroatoms. The average molecular weight is 170 g/mol. The standard InChI is InChI=1S/C11H10N2/c1-3-9-4-2-7-13-8-6-12-10(5-1)11(9)13/h1-7,11H,8H2. The normalized spacial score (nSPS) is 28.3. The van der Waals surface area contributed by atoms with E-state index >= 15 is 0 Å². The molecule has 13 heavy (non-hydrogen) atoms. The van der Waals surface area contributed by atoms with Gasteiger partial charge in [-0.25, -0.2) is 0 Å². The van der Waals surface area contributed by atoms with Crippen LogP contribution in [0.15, 0.2) is 52.8 Å². The highest BCUT2D eigenvalue weighted by atomic mass is 15.2. The third kappa shape index (κ3) is 0.917. The van der Waals surface area contributed by atoms with Crippen LogP contribution >= 0.6 is 0 Å². The summed E-state index contributed by atoms with van der Waals surface area (Å²) in [7, 11) is 0. The van der Waals surface area contributed by atoms with Crippen LogP contribution in [0.2, 0.25) is 0 Å². The maximum absolute atomic E-state index is 4.40. The van der Waals surface area contributed by atoms with Crippen LogP contribution in [0.5, 0.6) is 0 Å². The zero-order chi connectivity index (χ0) is 8.67. The predicted octanol–water partition coefficient (Wildman–Crippen LogP) is 1.65. The van der Waals surface area contributed by atoms with Gasteiger partial charge in [0, 0.05) is 12.4 Å². The maximum atomic E-state index is 4.40. The van der Waals surface area contributed by atoms with Crippen LogP contribution in [-0.4, -0.2) is 23.7 Å². The van der Waals surface area contributed by atoms with Crippen LogP contribution in [-0.2, 0) is 0 Å². The Hall–Kier alpha value is -1.57. The second-order valence-electron chi connectivity index (χ2n) is 3.37. The minimum Gasteiger partial charge on any atom is -0.360 e. The molecule has 2 aliphatic heterocycles. The van der Waals surface area contributed by atoms with E-state index in [0.717, 1.165) is 12.2 Å². The van der Waals surface area contributed by atoms with Gasteiger partial charge in [-0.05, 0) is 17.7 Å². The van der Waals surface area contributed by atoms with Crippen molar-refractivity contribution in [3.8, 4) is 0 Å². The summed E-state index contributed by atoms with van der Waals surface area (Å²) in [6, 6.07) is 0.375. The summed E-state index contributed by atoms with van der Waals surface area (Å²) in [5.41, 5.74) is 2.50. The Morgan fingerprint density at radius 2 is 2.31 bits per heavy atom. The molecular weight excluding hydrogens is 160 g/mol. The molecule has 0 spiro atoms. The fourth-order valence-corrected chi connectivity index (χ4v) is 1.99. The number of aliphatic imine (C=N–C) groups is 1. The van der Waals surface area contributed by atoms with E-state index in [0.29, 0.717) is 6.04 Å². The molecule has 3 aliphatic rings. The van der Waals surface area contributed by atoms with Crippen molar-refractivity contribution in [2.75, 3.05) is 6.54 Å². The van der Waals surface area contributed by atoms with Crippen LogP contribution in [0, 0.1) is 0 Å². The quantitative estimate of drug-likeness (QED) is 0.539. The monoisotopic (exact) mass is 170 g/mol. The first-order chi connectivity index (χ1) is 6.45. The minimum atomic E-state index is 0.375. The van der Waals surface area contributed by atoms with E-state index in [1.165, 1.54) is 5.57 Å². The van der Waals surface area contributed by atoms with Gasteiger partial charge in [0.05, 0.1) is 18.3 Å². The van der Waals surface area contributed by atoms with Gasteiger partial charge in [0.15, 0.2) is 0 Å². The maximum Gasteiger partial charge on any atom is 0.0964 e. The highest BCUT2D eigenvalue weighted by molar-refractivity contribution is 5.66. The molecular formula is C11H10N2. The van der Waals surface area contributed by atoms with Crippen molar-refractivity contribution >= 4 is 6.21 Å². The number of rotatable bonds is 0. The van der Waals surface area contributed by atoms with Crippen molar-refractivity contribution < 1.29 is 0 Å². The molecule has 64 valence electrons. The van der Waals surface area contributed by atoms with Gasteiger partial charge in [0.2, 0.25) is 0 Å². The number of hydrogen-bond acceptors (Lipinski definition) is 2. The largest absolute Gasteiger partial charge is 0.360 e. The fourth-order valence-electron chi connectivity index (χ4n) is 1.99. The summed E-state index contributed by atoms with van der Waals surface area (Å²) in [6.07, 6.45) is 14.7. The molecule has 0 aromatic heterocycles. The van der Waals surface area contributed by atoms with Crippen LogP contribution in [0.4, 0.5) is 0 Å². The summed E-state index contributed by atoms with van der Waals surface area (Å²) in [4.78, 5) is 6.71. The lowest BCUT2D eigenvalue weighted by Crippen LogP contribution is -2.39. The van der Waals surface area contributed by atoms with Gasteiger partial charge in [-0.1, -0.05) is 18.2 Å². The van der Waals surface area contributed by atoms with E-state index in [-0.39, 0.29) is 0 Å². The molecule has 0 aromatic carbocycles. The predicted molar refractivity (Wildman–Crippen MR) is 53.4 cm³/mol. The van der Waals surface area contributed by atoms with E-state index in [4.69, 9.17) is 0 Å². The Morgan fingerprint density at radius 1 is 1.31 bits per heavy atom. The van der Waals surface area contributed by atoms with Gasteiger partial charge in [-0.2, -0.15) is 0 Å².